The zero-order valence-electron chi connectivity index (χ0n) is 20.8. The van der Waals surface area contributed by atoms with Crippen LogP contribution in [-0.4, -0.2) is 23.4 Å². The first-order chi connectivity index (χ1) is 14.2. The third-order valence-corrected chi connectivity index (χ3v) is 6.35. The van der Waals surface area contributed by atoms with Crippen LogP contribution in [0, 0.1) is 5.41 Å². The molecule has 0 aromatic rings. The Bertz CT molecular complexity index is 517. The predicted molar refractivity (Wildman–Crippen MR) is 131 cm³/mol. The van der Waals surface area contributed by atoms with E-state index in [-0.39, 0.29) is 11.2 Å². The highest BCUT2D eigenvalue weighted by molar-refractivity contribution is 5.38. The van der Waals surface area contributed by atoms with Crippen LogP contribution in [0.4, 0.5) is 0 Å². The molecule has 1 aliphatic carbocycles. The van der Waals surface area contributed by atoms with Crippen molar-refractivity contribution in [2.75, 3.05) is 6.61 Å². The maximum atomic E-state index is 10.1. The first-order valence-electron chi connectivity index (χ1n) is 12.7. The van der Waals surface area contributed by atoms with Gasteiger partial charge in [-0.3, -0.25) is 0 Å². The van der Waals surface area contributed by atoms with Gasteiger partial charge in [-0.2, -0.15) is 0 Å². The van der Waals surface area contributed by atoms with Crippen molar-refractivity contribution >= 4 is 0 Å². The van der Waals surface area contributed by atoms with Crippen LogP contribution in [0.1, 0.15) is 125 Å². The van der Waals surface area contributed by atoms with Crippen LogP contribution in [0.15, 0.2) is 23.5 Å². The van der Waals surface area contributed by atoms with Crippen molar-refractivity contribution in [3.63, 3.8) is 0 Å². The fraction of sp³-hybridized carbons (Fsp3) is 0.852. The highest BCUT2D eigenvalue weighted by atomic mass is 16.5. The molecule has 0 saturated heterocycles. The zero-order valence-corrected chi connectivity index (χ0v) is 20.8. The molecule has 3 heteroatoms. The van der Waals surface area contributed by atoms with Gasteiger partial charge >= 0.3 is 0 Å². The standard InChI is InChI=1S/C27H51NO2/c1-6-7-8-9-10-11-12-13-14-15-16-17-18-19-20-30-27(5)22-24(29)23(28)21-25(27)26(2,3)4/h21-23,29H,6-20,28H2,1-5H3. The number of nitrogens with two attached hydrogens (primary N) is 1. The topological polar surface area (TPSA) is 55.5 Å². The van der Waals surface area contributed by atoms with E-state index >= 15 is 0 Å². The average molecular weight is 422 g/mol. The molecule has 0 saturated carbocycles. The molecular weight excluding hydrogens is 370 g/mol. The lowest BCUT2D eigenvalue weighted by Gasteiger charge is -2.40. The fourth-order valence-corrected chi connectivity index (χ4v) is 4.58. The highest BCUT2D eigenvalue weighted by Gasteiger charge is 2.39. The molecule has 1 aliphatic rings. The van der Waals surface area contributed by atoms with Crippen LogP contribution in [0.5, 0.6) is 0 Å². The minimum Gasteiger partial charge on any atom is -0.511 e. The van der Waals surface area contributed by atoms with Crippen molar-refractivity contribution in [2.45, 2.75) is 136 Å². The molecule has 3 N–H and O–H groups in total. The van der Waals surface area contributed by atoms with Crippen molar-refractivity contribution in [3.05, 3.63) is 23.5 Å². The number of hydrogen-bond acceptors (Lipinski definition) is 3. The van der Waals surface area contributed by atoms with E-state index in [4.69, 9.17) is 10.5 Å². The van der Waals surface area contributed by atoms with Gasteiger partial charge in [-0.25, -0.2) is 0 Å². The quantitative estimate of drug-likeness (QED) is 0.196. The molecule has 176 valence electrons. The van der Waals surface area contributed by atoms with Crippen LogP contribution in [-0.2, 0) is 4.74 Å². The summed E-state index contributed by atoms with van der Waals surface area (Å²) in [4.78, 5) is 0. The summed E-state index contributed by atoms with van der Waals surface area (Å²) in [5.74, 6) is 0.214. The van der Waals surface area contributed by atoms with E-state index in [9.17, 15) is 5.11 Å². The monoisotopic (exact) mass is 421 g/mol. The molecule has 0 aromatic carbocycles. The summed E-state index contributed by atoms with van der Waals surface area (Å²) in [6, 6.07) is -0.419. The molecule has 0 bridgehead atoms. The second-order valence-corrected chi connectivity index (χ2v) is 10.5. The summed E-state index contributed by atoms with van der Waals surface area (Å²) in [6.45, 7) is 11.6. The Labute approximate surface area is 187 Å². The minimum absolute atomic E-state index is 0.0426. The highest BCUT2D eigenvalue weighted by Crippen LogP contribution is 2.40. The number of rotatable bonds is 16. The first-order valence-corrected chi connectivity index (χ1v) is 12.7. The van der Waals surface area contributed by atoms with Gasteiger partial charge in [0.2, 0.25) is 0 Å². The van der Waals surface area contributed by atoms with E-state index in [1.807, 2.05) is 12.2 Å². The number of ether oxygens (including phenoxy) is 1. The lowest BCUT2D eigenvalue weighted by molar-refractivity contribution is 0.0135. The van der Waals surface area contributed by atoms with E-state index in [0.29, 0.717) is 0 Å². The molecule has 0 aliphatic heterocycles. The Kier molecular flexibility index (Phi) is 13.0. The van der Waals surface area contributed by atoms with Crippen LogP contribution in [0.2, 0.25) is 0 Å². The van der Waals surface area contributed by atoms with Gasteiger partial charge in [0.05, 0.1) is 6.04 Å². The molecule has 3 nitrogen and oxygen atoms in total. The SMILES string of the molecule is CCCCCCCCCCCCCCCCOC1(C)C=C(O)C(N)C=C1C(C)(C)C. The van der Waals surface area contributed by atoms with Gasteiger partial charge in [-0.15, -0.1) is 0 Å². The smallest absolute Gasteiger partial charge is 0.112 e. The third-order valence-electron chi connectivity index (χ3n) is 6.35. The van der Waals surface area contributed by atoms with Gasteiger partial charge in [0.15, 0.2) is 0 Å². The van der Waals surface area contributed by atoms with Crippen molar-refractivity contribution in [2.24, 2.45) is 11.1 Å². The van der Waals surface area contributed by atoms with E-state index < -0.39 is 11.6 Å². The maximum Gasteiger partial charge on any atom is 0.112 e. The first kappa shape index (κ1) is 27.2. The van der Waals surface area contributed by atoms with Gasteiger partial charge < -0.3 is 15.6 Å². The molecule has 0 heterocycles. The van der Waals surface area contributed by atoms with Crippen LogP contribution in [0.3, 0.4) is 0 Å². The second-order valence-electron chi connectivity index (χ2n) is 10.5. The minimum atomic E-state index is -0.561. The third kappa shape index (κ3) is 10.5. The van der Waals surface area contributed by atoms with E-state index in [0.717, 1.165) is 18.6 Å². The largest absolute Gasteiger partial charge is 0.511 e. The van der Waals surface area contributed by atoms with Gasteiger partial charge in [0.1, 0.15) is 11.4 Å². The molecule has 0 spiro atoms. The second kappa shape index (κ2) is 14.3. The molecule has 1 rings (SSSR count). The molecule has 30 heavy (non-hydrogen) atoms. The van der Waals surface area contributed by atoms with Gasteiger partial charge in [0, 0.05) is 6.61 Å². The summed E-state index contributed by atoms with van der Waals surface area (Å²) in [5.41, 5.74) is 6.58. The molecule has 2 atom stereocenters. The number of aliphatic hydroxyl groups excluding tert-OH is 1. The van der Waals surface area contributed by atoms with E-state index in [2.05, 4.69) is 34.6 Å². The molecular formula is C27H51NO2. The van der Waals surface area contributed by atoms with Crippen molar-refractivity contribution in [1.29, 1.82) is 0 Å². The Hall–Kier alpha value is -0.800. The lowest BCUT2D eigenvalue weighted by atomic mass is 9.73. The van der Waals surface area contributed by atoms with Crippen molar-refractivity contribution in [1.82, 2.24) is 0 Å². The molecule has 0 radical (unpaired) electrons. The fourth-order valence-electron chi connectivity index (χ4n) is 4.58. The van der Waals surface area contributed by atoms with E-state index in [1.165, 1.54) is 83.5 Å². The summed E-state index contributed by atoms with van der Waals surface area (Å²) >= 11 is 0. The van der Waals surface area contributed by atoms with E-state index in [1.54, 1.807) is 0 Å². The zero-order chi connectivity index (χ0) is 22.5. The van der Waals surface area contributed by atoms with Crippen molar-refractivity contribution < 1.29 is 9.84 Å². The summed E-state index contributed by atoms with van der Waals surface area (Å²) < 4.78 is 6.28. The maximum absolute atomic E-state index is 10.1. The Balaban J connectivity index is 2.10. The molecule has 0 aromatic heterocycles. The van der Waals surface area contributed by atoms with Gasteiger partial charge in [-0.1, -0.05) is 117 Å². The average Bonchev–Trinajstić information content (AvgIpc) is 2.67. The van der Waals surface area contributed by atoms with Gasteiger partial charge in [0.25, 0.3) is 0 Å². The lowest BCUT2D eigenvalue weighted by Crippen LogP contribution is -2.41. The van der Waals surface area contributed by atoms with Gasteiger partial charge in [-0.05, 0) is 30.4 Å². The number of hydrogen-bond donors (Lipinski definition) is 2. The van der Waals surface area contributed by atoms with Crippen LogP contribution < -0.4 is 5.73 Å². The summed E-state index contributed by atoms with van der Waals surface area (Å²) in [6.07, 6.45) is 22.8. The molecule has 2 unspecified atom stereocenters. The Morgan fingerprint density at radius 3 is 1.73 bits per heavy atom. The molecule has 0 fully saturated rings. The number of unbranched alkanes of at least 4 members (excludes halogenated alkanes) is 13. The predicted octanol–water partition coefficient (Wildman–Crippen LogP) is 8.00. The van der Waals surface area contributed by atoms with Crippen molar-refractivity contribution in [3.8, 4) is 0 Å². The van der Waals surface area contributed by atoms with Crippen LogP contribution in [0.25, 0.3) is 0 Å². The number of aliphatic hydroxyl groups is 1. The Morgan fingerprint density at radius 2 is 1.30 bits per heavy atom. The Morgan fingerprint density at radius 1 is 0.867 bits per heavy atom. The summed E-state index contributed by atoms with van der Waals surface area (Å²) in [5, 5.41) is 10.1. The normalized spacial score (nSPS) is 22.1. The summed E-state index contributed by atoms with van der Waals surface area (Å²) in [7, 11) is 0. The van der Waals surface area contributed by atoms with Crippen LogP contribution >= 0.6 is 0 Å². The molecule has 0 amide bonds.